The summed E-state index contributed by atoms with van der Waals surface area (Å²) in [6.07, 6.45) is 1.36. The van der Waals surface area contributed by atoms with Crippen LogP contribution in [0, 0.1) is 0 Å². The normalized spacial score (nSPS) is 13.8. The predicted octanol–water partition coefficient (Wildman–Crippen LogP) is 4.50. The zero-order valence-corrected chi connectivity index (χ0v) is 13.7. The molecule has 0 amide bonds. The summed E-state index contributed by atoms with van der Waals surface area (Å²) >= 11 is 12.4. The van der Waals surface area contributed by atoms with Crippen molar-refractivity contribution in [2.45, 2.75) is 25.3 Å². The number of hydrogen-bond acceptors (Lipinski definition) is 2. The van der Waals surface area contributed by atoms with E-state index in [1.807, 2.05) is 49.4 Å². The quantitative estimate of drug-likeness (QED) is 0.878. The molecule has 0 aliphatic carbocycles. The second-order valence-electron chi connectivity index (χ2n) is 5.56. The Balaban J connectivity index is 2.14. The smallest absolute Gasteiger partial charge is 0.118 e. The van der Waals surface area contributed by atoms with Gasteiger partial charge in [-0.2, -0.15) is 0 Å². The summed E-state index contributed by atoms with van der Waals surface area (Å²) in [5.41, 5.74) is 8.07. The fraction of sp³-hybridized carbons (Fsp3) is 0.294. The maximum Gasteiger partial charge on any atom is 0.118 e. The van der Waals surface area contributed by atoms with Crippen molar-refractivity contribution in [3.05, 3.63) is 63.6 Å². The van der Waals surface area contributed by atoms with Crippen LogP contribution >= 0.6 is 23.2 Å². The Morgan fingerprint density at radius 2 is 1.57 bits per heavy atom. The summed E-state index contributed by atoms with van der Waals surface area (Å²) in [6, 6.07) is 13.4. The van der Waals surface area contributed by atoms with Gasteiger partial charge in [0.25, 0.3) is 0 Å². The van der Waals surface area contributed by atoms with E-state index in [-0.39, 0.29) is 0 Å². The summed E-state index contributed by atoms with van der Waals surface area (Å²) in [5, 5.41) is 1.32. The van der Waals surface area contributed by atoms with Crippen LogP contribution in [0.3, 0.4) is 0 Å². The number of rotatable bonds is 5. The highest BCUT2D eigenvalue weighted by molar-refractivity contribution is 6.36. The fourth-order valence-electron chi connectivity index (χ4n) is 2.38. The van der Waals surface area contributed by atoms with E-state index in [4.69, 9.17) is 33.7 Å². The molecule has 2 aromatic rings. The maximum atomic E-state index is 6.44. The lowest BCUT2D eigenvalue weighted by Gasteiger charge is -2.26. The third-order valence-corrected chi connectivity index (χ3v) is 4.12. The van der Waals surface area contributed by atoms with Gasteiger partial charge in [-0.05, 0) is 55.2 Å². The molecule has 2 nitrogen and oxygen atoms in total. The number of benzene rings is 2. The SMILES string of the molecule is COc1ccc(CC(C)(N)Cc2c(Cl)cccc2Cl)cc1. The zero-order valence-electron chi connectivity index (χ0n) is 12.2. The lowest BCUT2D eigenvalue weighted by atomic mass is 9.87. The average Bonchev–Trinajstić information content (AvgIpc) is 2.43. The first kappa shape index (κ1) is 16.2. The molecule has 4 heteroatoms. The highest BCUT2D eigenvalue weighted by atomic mass is 35.5. The van der Waals surface area contributed by atoms with Gasteiger partial charge < -0.3 is 10.5 Å². The molecule has 0 saturated carbocycles. The van der Waals surface area contributed by atoms with E-state index in [1.165, 1.54) is 0 Å². The van der Waals surface area contributed by atoms with Crippen LogP contribution in [0.2, 0.25) is 10.0 Å². The molecule has 2 rings (SSSR count). The third-order valence-electron chi connectivity index (χ3n) is 3.41. The molecular weight excluding hydrogens is 305 g/mol. The summed E-state index contributed by atoms with van der Waals surface area (Å²) in [6.45, 7) is 2.01. The molecule has 0 saturated heterocycles. The Hall–Kier alpha value is -1.22. The van der Waals surface area contributed by atoms with Crippen molar-refractivity contribution in [3.63, 3.8) is 0 Å². The van der Waals surface area contributed by atoms with E-state index in [0.717, 1.165) is 23.3 Å². The van der Waals surface area contributed by atoms with Crippen molar-refractivity contribution in [2.75, 3.05) is 7.11 Å². The molecule has 0 radical (unpaired) electrons. The minimum Gasteiger partial charge on any atom is -0.497 e. The monoisotopic (exact) mass is 323 g/mol. The van der Waals surface area contributed by atoms with Crippen LogP contribution in [0.15, 0.2) is 42.5 Å². The minimum atomic E-state index is -0.427. The predicted molar refractivity (Wildman–Crippen MR) is 89.5 cm³/mol. The number of hydrogen-bond donors (Lipinski definition) is 1. The first-order valence-electron chi connectivity index (χ1n) is 6.76. The standard InChI is InChI=1S/C17H19Cl2NO/c1-17(20,10-12-6-8-13(21-2)9-7-12)11-14-15(18)4-3-5-16(14)19/h3-9H,10-11,20H2,1-2H3. The Bertz CT molecular complexity index is 588. The Kier molecular flexibility index (Phi) is 5.15. The molecule has 112 valence electrons. The first-order chi connectivity index (χ1) is 9.91. The lowest BCUT2D eigenvalue weighted by Crippen LogP contribution is -2.41. The molecule has 0 heterocycles. The van der Waals surface area contributed by atoms with Crippen LogP contribution in [0.4, 0.5) is 0 Å². The van der Waals surface area contributed by atoms with Crippen molar-refractivity contribution in [1.82, 2.24) is 0 Å². The first-order valence-corrected chi connectivity index (χ1v) is 7.51. The molecule has 2 aromatic carbocycles. The highest BCUT2D eigenvalue weighted by Crippen LogP contribution is 2.28. The number of halogens is 2. The number of nitrogens with two attached hydrogens (primary N) is 1. The van der Waals surface area contributed by atoms with Crippen LogP contribution < -0.4 is 10.5 Å². The highest BCUT2D eigenvalue weighted by Gasteiger charge is 2.22. The molecule has 0 fully saturated rings. The Morgan fingerprint density at radius 3 is 2.10 bits per heavy atom. The minimum absolute atomic E-state index is 0.427. The van der Waals surface area contributed by atoms with E-state index in [2.05, 4.69) is 0 Å². The van der Waals surface area contributed by atoms with E-state index in [9.17, 15) is 0 Å². The van der Waals surface area contributed by atoms with Gasteiger partial charge in [0.05, 0.1) is 7.11 Å². The van der Waals surface area contributed by atoms with E-state index >= 15 is 0 Å². The van der Waals surface area contributed by atoms with Crippen LogP contribution in [-0.4, -0.2) is 12.6 Å². The number of methoxy groups -OCH3 is 1. The van der Waals surface area contributed by atoms with Crippen molar-refractivity contribution < 1.29 is 4.74 Å². The Morgan fingerprint density at radius 1 is 1.00 bits per heavy atom. The van der Waals surface area contributed by atoms with E-state index in [1.54, 1.807) is 7.11 Å². The summed E-state index contributed by atoms with van der Waals surface area (Å²) in [7, 11) is 1.65. The molecule has 0 bridgehead atoms. The maximum absolute atomic E-state index is 6.44. The molecule has 1 unspecified atom stereocenters. The topological polar surface area (TPSA) is 35.2 Å². The molecule has 2 N–H and O–H groups in total. The van der Waals surface area contributed by atoms with Gasteiger partial charge in [-0.1, -0.05) is 41.4 Å². The molecule has 0 aromatic heterocycles. The van der Waals surface area contributed by atoms with Gasteiger partial charge in [0.1, 0.15) is 5.75 Å². The Labute approximate surface area is 135 Å². The second kappa shape index (κ2) is 6.69. The van der Waals surface area contributed by atoms with Crippen molar-refractivity contribution in [2.24, 2.45) is 5.73 Å². The van der Waals surface area contributed by atoms with Crippen LogP contribution in [0.25, 0.3) is 0 Å². The largest absolute Gasteiger partial charge is 0.497 e. The molecule has 21 heavy (non-hydrogen) atoms. The van der Waals surface area contributed by atoms with E-state index in [0.29, 0.717) is 16.5 Å². The fourth-order valence-corrected chi connectivity index (χ4v) is 2.91. The van der Waals surface area contributed by atoms with Gasteiger partial charge >= 0.3 is 0 Å². The van der Waals surface area contributed by atoms with Gasteiger partial charge in [0, 0.05) is 15.6 Å². The summed E-state index contributed by atoms with van der Waals surface area (Å²) in [4.78, 5) is 0. The lowest BCUT2D eigenvalue weighted by molar-refractivity contribution is 0.414. The summed E-state index contributed by atoms with van der Waals surface area (Å²) in [5.74, 6) is 0.839. The second-order valence-corrected chi connectivity index (χ2v) is 6.37. The van der Waals surface area contributed by atoms with Crippen molar-refractivity contribution in [3.8, 4) is 5.75 Å². The zero-order chi connectivity index (χ0) is 15.5. The molecule has 1 atom stereocenters. The molecular formula is C17H19Cl2NO. The van der Waals surface area contributed by atoms with Gasteiger partial charge in [0.2, 0.25) is 0 Å². The van der Waals surface area contributed by atoms with Crippen molar-refractivity contribution >= 4 is 23.2 Å². The van der Waals surface area contributed by atoms with Crippen LogP contribution in [0.5, 0.6) is 5.75 Å². The average molecular weight is 324 g/mol. The molecule has 0 aliphatic rings. The molecule has 0 aliphatic heterocycles. The van der Waals surface area contributed by atoms with Crippen LogP contribution in [-0.2, 0) is 12.8 Å². The van der Waals surface area contributed by atoms with Gasteiger partial charge in [-0.15, -0.1) is 0 Å². The third kappa shape index (κ3) is 4.37. The van der Waals surface area contributed by atoms with Gasteiger partial charge in [-0.3, -0.25) is 0 Å². The van der Waals surface area contributed by atoms with Gasteiger partial charge in [0.15, 0.2) is 0 Å². The number of ether oxygens (including phenoxy) is 1. The van der Waals surface area contributed by atoms with Crippen LogP contribution in [0.1, 0.15) is 18.1 Å². The molecule has 0 spiro atoms. The summed E-state index contributed by atoms with van der Waals surface area (Å²) < 4.78 is 5.16. The van der Waals surface area contributed by atoms with Crippen molar-refractivity contribution in [1.29, 1.82) is 0 Å². The van der Waals surface area contributed by atoms with E-state index < -0.39 is 5.54 Å². The van der Waals surface area contributed by atoms with Gasteiger partial charge in [-0.25, -0.2) is 0 Å².